The first-order valence-corrected chi connectivity index (χ1v) is 6.42. The fourth-order valence-electron chi connectivity index (χ4n) is 1.73. The van der Waals surface area contributed by atoms with Gasteiger partial charge in [-0.1, -0.05) is 35.9 Å². The minimum absolute atomic E-state index is 0.107. The van der Waals surface area contributed by atoms with Crippen LogP contribution in [0.15, 0.2) is 42.5 Å². The van der Waals surface area contributed by atoms with Gasteiger partial charge in [-0.2, -0.15) is 0 Å². The first-order valence-electron chi connectivity index (χ1n) is 6.05. The van der Waals surface area contributed by atoms with Gasteiger partial charge in [0.05, 0.1) is 5.02 Å². The third kappa shape index (κ3) is 3.61. The molecule has 0 aliphatic carbocycles. The van der Waals surface area contributed by atoms with Gasteiger partial charge in [-0.25, -0.2) is 4.39 Å². The Kier molecular flexibility index (Phi) is 4.63. The van der Waals surface area contributed by atoms with Crippen molar-refractivity contribution >= 4 is 17.3 Å². The maximum atomic E-state index is 13.4. The van der Waals surface area contributed by atoms with Gasteiger partial charge in [0.15, 0.2) is 11.6 Å². The largest absolute Gasteiger partial charge is 0.487 e. The van der Waals surface area contributed by atoms with Crippen LogP contribution in [0.25, 0.3) is 0 Å². The molecule has 19 heavy (non-hydrogen) atoms. The van der Waals surface area contributed by atoms with Crippen LogP contribution in [-0.4, -0.2) is 13.2 Å². The molecule has 2 nitrogen and oxygen atoms in total. The van der Waals surface area contributed by atoms with Crippen molar-refractivity contribution in [1.82, 2.24) is 0 Å². The summed E-state index contributed by atoms with van der Waals surface area (Å²) >= 11 is 5.87. The van der Waals surface area contributed by atoms with E-state index in [4.69, 9.17) is 16.3 Å². The standard InChI is InChI=1S/C15H15ClFNO/c1-11-5-2-3-8-14(11)18-9-10-19-15-12(16)6-4-7-13(15)17/h2-8,18H,9-10H2,1H3. The Morgan fingerprint density at radius 1 is 1.16 bits per heavy atom. The molecule has 0 atom stereocenters. The molecule has 0 bridgehead atoms. The number of nitrogens with one attached hydrogen (secondary N) is 1. The first-order chi connectivity index (χ1) is 9.18. The summed E-state index contributed by atoms with van der Waals surface area (Å²) in [7, 11) is 0. The minimum atomic E-state index is -0.441. The van der Waals surface area contributed by atoms with Gasteiger partial charge in [-0.05, 0) is 30.7 Å². The van der Waals surface area contributed by atoms with E-state index in [-0.39, 0.29) is 10.8 Å². The van der Waals surface area contributed by atoms with Gasteiger partial charge in [-0.15, -0.1) is 0 Å². The van der Waals surface area contributed by atoms with Gasteiger partial charge in [0, 0.05) is 12.2 Å². The van der Waals surface area contributed by atoms with Crippen LogP contribution in [0.3, 0.4) is 0 Å². The van der Waals surface area contributed by atoms with Crippen LogP contribution >= 0.6 is 11.6 Å². The summed E-state index contributed by atoms with van der Waals surface area (Å²) in [4.78, 5) is 0. The molecule has 2 rings (SSSR count). The average Bonchev–Trinajstić information content (AvgIpc) is 2.39. The van der Waals surface area contributed by atoms with Crippen molar-refractivity contribution in [3.8, 4) is 5.75 Å². The Bertz CT molecular complexity index is 539. The van der Waals surface area contributed by atoms with E-state index in [1.165, 1.54) is 6.07 Å². The molecular formula is C15H15ClFNO. The molecular weight excluding hydrogens is 265 g/mol. The first kappa shape index (κ1) is 13.7. The highest BCUT2D eigenvalue weighted by Gasteiger charge is 2.07. The summed E-state index contributed by atoms with van der Waals surface area (Å²) in [5.74, 6) is -0.334. The maximum absolute atomic E-state index is 13.4. The summed E-state index contributed by atoms with van der Waals surface area (Å²) < 4.78 is 18.8. The average molecular weight is 280 g/mol. The molecule has 1 N–H and O–H groups in total. The summed E-state index contributed by atoms with van der Waals surface area (Å²) in [5, 5.41) is 3.52. The van der Waals surface area contributed by atoms with Crippen LogP contribution in [0.1, 0.15) is 5.56 Å². The molecule has 0 fully saturated rings. The molecule has 0 aromatic heterocycles. The number of ether oxygens (including phenoxy) is 1. The minimum Gasteiger partial charge on any atom is -0.487 e. The van der Waals surface area contributed by atoms with Gasteiger partial charge < -0.3 is 10.1 Å². The van der Waals surface area contributed by atoms with Crippen molar-refractivity contribution in [3.63, 3.8) is 0 Å². The zero-order chi connectivity index (χ0) is 13.7. The lowest BCUT2D eigenvalue weighted by Gasteiger charge is -2.11. The Morgan fingerprint density at radius 2 is 1.95 bits per heavy atom. The molecule has 0 saturated carbocycles. The third-order valence-electron chi connectivity index (χ3n) is 2.73. The Hall–Kier alpha value is -1.74. The molecule has 2 aromatic rings. The fourth-order valence-corrected chi connectivity index (χ4v) is 1.95. The van der Waals surface area contributed by atoms with Crippen LogP contribution in [0.2, 0.25) is 5.02 Å². The molecule has 100 valence electrons. The van der Waals surface area contributed by atoms with Crippen LogP contribution < -0.4 is 10.1 Å². The molecule has 0 spiro atoms. The number of hydrogen-bond donors (Lipinski definition) is 1. The number of para-hydroxylation sites is 2. The van der Waals surface area contributed by atoms with E-state index in [0.29, 0.717) is 13.2 Å². The number of benzene rings is 2. The van der Waals surface area contributed by atoms with Crippen molar-refractivity contribution in [1.29, 1.82) is 0 Å². The lowest BCUT2D eigenvalue weighted by atomic mass is 10.2. The Morgan fingerprint density at radius 3 is 2.68 bits per heavy atom. The number of rotatable bonds is 5. The zero-order valence-corrected chi connectivity index (χ0v) is 11.4. The van der Waals surface area contributed by atoms with E-state index >= 15 is 0 Å². The van der Waals surface area contributed by atoms with Crippen LogP contribution in [-0.2, 0) is 0 Å². The van der Waals surface area contributed by atoms with Gasteiger partial charge >= 0.3 is 0 Å². The topological polar surface area (TPSA) is 21.3 Å². The van der Waals surface area contributed by atoms with Crippen molar-refractivity contribution in [3.05, 3.63) is 58.9 Å². The van der Waals surface area contributed by atoms with Crippen molar-refractivity contribution < 1.29 is 9.13 Å². The zero-order valence-electron chi connectivity index (χ0n) is 10.6. The quantitative estimate of drug-likeness (QED) is 0.825. The van der Waals surface area contributed by atoms with Crippen LogP contribution in [0, 0.1) is 12.7 Å². The highest BCUT2D eigenvalue weighted by molar-refractivity contribution is 6.32. The second kappa shape index (κ2) is 6.43. The summed E-state index contributed by atoms with van der Waals surface area (Å²) in [5.41, 5.74) is 2.21. The van der Waals surface area contributed by atoms with Crippen LogP contribution in [0.4, 0.5) is 10.1 Å². The number of anilines is 1. The van der Waals surface area contributed by atoms with E-state index in [1.807, 2.05) is 31.2 Å². The van der Waals surface area contributed by atoms with Crippen molar-refractivity contribution in [2.75, 3.05) is 18.5 Å². The summed E-state index contributed by atoms with van der Waals surface area (Å²) in [6.07, 6.45) is 0. The molecule has 0 radical (unpaired) electrons. The number of aryl methyl sites for hydroxylation is 1. The number of hydrogen-bond acceptors (Lipinski definition) is 2. The van der Waals surface area contributed by atoms with E-state index in [2.05, 4.69) is 5.32 Å². The van der Waals surface area contributed by atoms with E-state index in [9.17, 15) is 4.39 Å². The molecule has 0 heterocycles. The molecule has 0 amide bonds. The Balaban J connectivity index is 1.86. The molecule has 2 aromatic carbocycles. The normalized spacial score (nSPS) is 10.3. The summed E-state index contributed by atoms with van der Waals surface area (Å²) in [6, 6.07) is 12.4. The van der Waals surface area contributed by atoms with Crippen LogP contribution in [0.5, 0.6) is 5.75 Å². The van der Waals surface area contributed by atoms with Gasteiger partial charge in [0.2, 0.25) is 0 Å². The monoisotopic (exact) mass is 279 g/mol. The maximum Gasteiger partial charge on any atom is 0.173 e. The highest BCUT2D eigenvalue weighted by atomic mass is 35.5. The number of halogens is 2. The third-order valence-corrected chi connectivity index (χ3v) is 3.03. The lowest BCUT2D eigenvalue weighted by Crippen LogP contribution is -2.12. The molecule has 4 heteroatoms. The SMILES string of the molecule is Cc1ccccc1NCCOc1c(F)cccc1Cl. The molecule has 0 saturated heterocycles. The van der Waals surface area contributed by atoms with E-state index in [0.717, 1.165) is 11.3 Å². The fraction of sp³-hybridized carbons (Fsp3) is 0.200. The highest BCUT2D eigenvalue weighted by Crippen LogP contribution is 2.27. The smallest absolute Gasteiger partial charge is 0.173 e. The second-order valence-corrected chi connectivity index (χ2v) is 4.55. The van der Waals surface area contributed by atoms with Gasteiger partial charge in [0.25, 0.3) is 0 Å². The second-order valence-electron chi connectivity index (χ2n) is 4.14. The summed E-state index contributed by atoms with van der Waals surface area (Å²) in [6.45, 7) is 2.95. The predicted octanol–water partition coefficient (Wildman–Crippen LogP) is 4.28. The molecule has 0 aliphatic heterocycles. The molecule has 0 unspecified atom stereocenters. The van der Waals surface area contributed by atoms with Gasteiger partial charge in [0.1, 0.15) is 6.61 Å². The predicted molar refractivity (Wildman–Crippen MR) is 76.6 cm³/mol. The van der Waals surface area contributed by atoms with Gasteiger partial charge in [-0.3, -0.25) is 0 Å². The van der Waals surface area contributed by atoms with E-state index < -0.39 is 5.82 Å². The Labute approximate surface area is 117 Å². The molecule has 0 aliphatic rings. The van der Waals surface area contributed by atoms with Crippen molar-refractivity contribution in [2.24, 2.45) is 0 Å². The lowest BCUT2D eigenvalue weighted by molar-refractivity contribution is 0.315. The van der Waals surface area contributed by atoms with Crippen molar-refractivity contribution in [2.45, 2.75) is 6.92 Å². The van der Waals surface area contributed by atoms with E-state index in [1.54, 1.807) is 12.1 Å².